The molecule has 0 heterocycles. The van der Waals surface area contributed by atoms with E-state index in [4.69, 9.17) is 16.6 Å². The number of unbranched alkanes of at least 4 members (excludes halogenated alkanes) is 1. The molecule has 0 aromatic rings. The fraction of sp³-hybridized carbons (Fsp3) is 0.900. The Hall–Kier alpha value is -0.690. The summed E-state index contributed by atoms with van der Waals surface area (Å²) in [6, 6.07) is -0.803. The standard InChI is InChI=1S/C10H24N4O2/c11-4-3-6-13-5-1-2-7-14-10(16)9(12)8-15/h9,13,15H,1-8,11-12H2,(H,14,16). The van der Waals surface area contributed by atoms with E-state index in [1.54, 1.807) is 0 Å². The molecular formula is C10H24N4O2. The van der Waals surface area contributed by atoms with Crippen molar-refractivity contribution in [2.75, 3.05) is 32.8 Å². The molecule has 96 valence electrons. The van der Waals surface area contributed by atoms with Gasteiger partial charge in [0.2, 0.25) is 5.91 Å². The fourth-order valence-corrected chi connectivity index (χ4v) is 1.15. The predicted molar refractivity (Wildman–Crippen MR) is 63.8 cm³/mol. The lowest BCUT2D eigenvalue weighted by molar-refractivity contribution is -0.123. The molecule has 0 aliphatic rings. The molecule has 0 saturated carbocycles. The average molecular weight is 232 g/mol. The molecule has 0 radical (unpaired) electrons. The monoisotopic (exact) mass is 232 g/mol. The highest BCUT2D eigenvalue weighted by Gasteiger charge is 2.09. The van der Waals surface area contributed by atoms with Crippen LogP contribution in [0.25, 0.3) is 0 Å². The van der Waals surface area contributed by atoms with Crippen LogP contribution in [0.2, 0.25) is 0 Å². The number of amides is 1. The van der Waals surface area contributed by atoms with Gasteiger partial charge in [-0.3, -0.25) is 4.79 Å². The van der Waals surface area contributed by atoms with E-state index in [0.717, 1.165) is 32.4 Å². The van der Waals surface area contributed by atoms with Crippen LogP contribution < -0.4 is 22.1 Å². The molecule has 0 aliphatic heterocycles. The summed E-state index contributed by atoms with van der Waals surface area (Å²) in [6.07, 6.45) is 2.89. The van der Waals surface area contributed by atoms with Crippen LogP contribution in [-0.2, 0) is 4.79 Å². The Morgan fingerprint density at radius 2 is 1.81 bits per heavy atom. The Kier molecular flexibility index (Phi) is 10.3. The van der Waals surface area contributed by atoms with Crippen LogP contribution in [0.3, 0.4) is 0 Å². The van der Waals surface area contributed by atoms with Gasteiger partial charge < -0.3 is 27.2 Å². The van der Waals surface area contributed by atoms with Crippen molar-refractivity contribution in [1.82, 2.24) is 10.6 Å². The molecule has 1 amide bonds. The number of hydrogen-bond donors (Lipinski definition) is 5. The number of nitrogens with two attached hydrogens (primary N) is 2. The molecule has 0 rings (SSSR count). The number of aliphatic hydroxyl groups is 1. The molecule has 1 unspecified atom stereocenters. The zero-order valence-electron chi connectivity index (χ0n) is 9.74. The highest BCUT2D eigenvalue weighted by atomic mass is 16.3. The van der Waals surface area contributed by atoms with Crippen LogP contribution >= 0.6 is 0 Å². The van der Waals surface area contributed by atoms with E-state index in [1.165, 1.54) is 0 Å². The summed E-state index contributed by atoms with van der Waals surface area (Å²) in [5.41, 5.74) is 10.7. The minimum absolute atomic E-state index is 0.293. The zero-order chi connectivity index (χ0) is 12.2. The van der Waals surface area contributed by atoms with E-state index in [9.17, 15) is 4.79 Å². The molecule has 0 fully saturated rings. The summed E-state index contributed by atoms with van der Waals surface area (Å²) < 4.78 is 0. The fourth-order valence-electron chi connectivity index (χ4n) is 1.15. The SMILES string of the molecule is NCCCNCCCCNC(=O)C(N)CO. The maximum atomic E-state index is 11.1. The molecule has 0 aliphatic carbocycles. The summed E-state index contributed by atoms with van der Waals surface area (Å²) in [5, 5.41) is 14.5. The molecule has 0 aromatic carbocycles. The van der Waals surface area contributed by atoms with E-state index < -0.39 is 6.04 Å². The average Bonchev–Trinajstić information content (AvgIpc) is 2.31. The summed E-state index contributed by atoms with van der Waals surface area (Å²) >= 11 is 0. The van der Waals surface area contributed by atoms with Gasteiger partial charge in [0.1, 0.15) is 6.04 Å². The molecule has 6 heteroatoms. The largest absolute Gasteiger partial charge is 0.394 e. The van der Waals surface area contributed by atoms with Crippen LogP contribution in [0.5, 0.6) is 0 Å². The van der Waals surface area contributed by atoms with Gasteiger partial charge in [0.05, 0.1) is 6.61 Å². The van der Waals surface area contributed by atoms with Gasteiger partial charge in [-0.25, -0.2) is 0 Å². The Morgan fingerprint density at radius 1 is 1.19 bits per heavy atom. The molecule has 0 aromatic heterocycles. The molecule has 0 bridgehead atoms. The quantitative estimate of drug-likeness (QED) is 0.283. The third-order valence-electron chi connectivity index (χ3n) is 2.17. The smallest absolute Gasteiger partial charge is 0.239 e. The van der Waals surface area contributed by atoms with Crippen LogP contribution in [0, 0.1) is 0 Å². The number of carbonyl (C=O) groups excluding carboxylic acids is 1. The van der Waals surface area contributed by atoms with Crippen molar-refractivity contribution in [1.29, 1.82) is 0 Å². The van der Waals surface area contributed by atoms with Gasteiger partial charge >= 0.3 is 0 Å². The van der Waals surface area contributed by atoms with Crippen molar-refractivity contribution in [3.8, 4) is 0 Å². The maximum Gasteiger partial charge on any atom is 0.239 e. The van der Waals surface area contributed by atoms with E-state index in [2.05, 4.69) is 10.6 Å². The molecule has 6 nitrogen and oxygen atoms in total. The van der Waals surface area contributed by atoms with Gasteiger partial charge in [-0.2, -0.15) is 0 Å². The zero-order valence-corrected chi connectivity index (χ0v) is 9.74. The lowest BCUT2D eigenvalue weighted by Gasteiger charge is -2.09. The van der Waals surface area contributed by atoms with Crippen molar-refractivity contribution in [3.05, 3.63) is 0 Å². The summed E-state index contributed by atoms with van der Waals surface area (Å²) in [7, 11) is 0. The first-order chi connectivity index (χ1) is 7.72. The number of aliphatic hydroxyl groups excluding tert-OH is 1. The molecule has 16 heavy (non-hydrogen) atoms. The predicted octanol–water partition coefficient (Wildman–Crippen LogP) is -1.86. The van der Waals surface area contributed by atoms with Gasteiger partial charge in [-0.15, -0.1) is 0 Å². The molecule has 0 spiro atoms. The minimum Gasteiger partial charge on any atom is -0.394 e. The van der Waals surface area contributed by atoms with E-state index >= 15 is 0 Å². The van der Waals surface area contributed by atoms with Gasteiger partial charge in [0.15, 0.2) is 0 Å². The van der Waals surface area contributed by atoms with Crippen molar-refractivity contribution in [3.63, 3.8) is 0 Å². The minimum atomic E-state index is -0.803. The topological polar surface area (TPSA) is 113 Å². The number of hydrogen-bond acceptors (Lipinski definition) is 5. The van der Waals surface area contributed by atoms with Crippen molar-refractivity contribution >= 4 is 5.91 Å². The lowest BCUT2D eigenvalue weighted by atomic mass is 10.2. The molecule has 1 atom stereocenters. The Morgan fingerprint density at radius 3 is 2.44 bits per heavy atom. The van der Waals surface area contributed by atoms with E-state index in [0.29, 0.717) is 13.1 Å². The molecule has 7 N–H and O–H groups in total. The number of carbonyl (C=O) groups is 1. The summed E-state index contributed by atoms with van der Waals surface area (Å²) in [5.74, 6) is -0.293. The van der Waals surface area contributed by atoms with Crippen molar-refractivity contribution < 1.29 is 9.90 Å². The molecular weight excluding hydrogens is 208 g/mol. The van der Waals surface area contributed by atoms with Crippen LogP contribution in [-0.4, -0.2) is 49.8 Å². The second kappa shape index (κ2) is 10.8. The normalized spacial score (nSPS) is 12.4. The first kappa shape index (κ1) is 15.3. The molecule has 0 saturated heterocycles. The summed E-state index contributed by atoms with van der Waals surface area (Å²) in [6.45, 7) is 2.87. The first-order valence-electron chi connectivity index (χ1n) is 5.77. The van der Waals surface area contributed by atoms with Gasteiger partial charge in [-0.05, 0) is 38.9 Å². The highest BCUT2D eigenvalue weighted by Crippen LogP contribution is 1.86. The Labute approximate surface area is 96.8 Å². The van der Waals surface area contributed by atoms with Crippen molar-refractivity contribution in [2.24, 2.45) is 11.5 Å². The van der Waals surface area contributed by atoms with Gasteiger partial charge in [-0.1, -0.05) is 0 Å². The van der Waals surface area contributed by atoms with Crippen molar-refractivity contribution in [2.45, 2.75) is 25.3 Å². The van der Waals surface area contributed by atoms with Crippen LogP contribution in [0.4, 0.5) is 0 Å². The summed E-state index contributed by atoms with van der Waals surface area (Å²) in [4.78, 5) is 11.1. The first-order valence-corrected chi connectivity index (χ1v) is 5.77. The lowest BCUT2D eigenvalue weighted by Crippen LogP contribution is -2.43. The van der Waals surface area contributed by atoms with Crippen LogP contribution in [0.15, 0.2) is 0 Å². The number of rotatable bonds is 10. The Balaban J connectivity index is 3.18. The highest BCUT2D eigenvalue weighted by molar-refractivity contribution is 5.81. The second-order valence-electron chi connectivity index (χ2n) is 3.68. The van der Waals surface area contributed by atoms with Gasteiger partial charge in [0, 0.05) is 6.54 Å². The second-order valence-corrected chi connectivity index (χ2v) is 3.68. The Bertz CT molecular complexity index is 178. The van der Waals surface area contributed by atoms with Crippen LogP contribution in [0.1, 0.15) is 19.3 Å². The van der Waals surface area contributed by atoms with E-state index in [1.807, 2.05) is 0 Å². The van der Waals surface area contributed by atoms with E-state index in [-0.39, 0.29) is 12.5 Å². The maximum absolute atomic E-state index is 11.1. The van der Waals surface area contributed by atoms with Gasteiger partial charge in [0.25, 0.3) is 0 Å². The third kappa shape index (κ3) is 8.60. The third-order valence-corrected chi connectivity index (χ3v) is 2.17. The number of nitrogens with one attached hydrogen (secondary N) is 2.